The predicted molar refractivity (Wildman–Crippen MR) is 80.1 cm³/mol. The van der Waals surface area contributed by atoms with Gasteiger partial charge in [0.2, 0.25) is 0 Å². The van der Waals surface area contributed by atoms with E-state index in [4.69, 9.17) is 9.47 Å². The molecule has 0 aromatic carbocycles. The van der Waals surface area contributed by atoms with E-state index >= 15 is 0 Å². The highest BCUT2D eigenvalue weighted by Crippen LogP contribution is 2.60. The molecule has 4 unspecified atom stereocenters. The van der Waals surface area contributed by atoms with Gasteiger partial charge in [-0.15, -0.1) is 0 Å². The minimum atomic E-state index is -0.372. The molecule has 1 saturated heterocycles. The summed E-state index contributed by atoms with van der Waals surface area (Å²) in [5, 5.41) is 13.8. The van der Waals surface area contributed by atoms with Gasteiger partial charge in [-0.25, -0.2) is 0 Å². The summed E-state index contributed by atoms with van der Waals surface area (Å²) < 4.78 is 11.6. The third kappa shape index (κ3) is 2.65. The Hall–Kier alpha value is -0.160. The molecular formula is C17H29NO3. The van der Waals surface area contributed by atoms with Gasteiger partial charge in [0.1, 0.15) is 0 Å². The predicted octanol–water partition coefficient (Wildman–Crippen LogP) is 1.71. The molecule has 4 aliphatic rings. The number of rotatable bonds is 7. The van der Waals surface area contributed by atoms with Gasteiger partial charge in [-0.1, -0.05) is 12.8 Å². The van der Waals surface area contributed by atoms with Crippen LogP contribution in [-0.4, -0.2) is 49.7 Å². The van der Waals surface area contributed by atoms with E-state index in [9.17, 15) is 5.11 Å². The molecule has 21 heavy (non-hydrogen) atoms. The summed E-state index contributed by atoms with van der Waals surface area (Å²) in [5.41, 5.74) is 0.385. The van der Waals surface area contributed by atoms with E-state index in [2.05, 4.69) is 5.32 Å². The molecule has 120 valence electrons. The molecule has 0 aromatic heterocycles. The average Bonchev–Trinajstić information content (AvgIpc) is 2.99. The Morgan fingerprint density at radius 1 is 1.24 bits per heavy atom. The number of ether oxygens (including phenoxy) is 2. The molecule has 1 heterocycles. The molecule has 3 aliphatic carbocycles. The number of fused-ring (bicyclic) bond motifs is 2. The lowest BCUT2D eigenvalue weighted by molar-refractivity contribution is -0.132. The number of hydrogen-bond acceptors (Lipinski definition) is 4. The minimum absolute atomic E-state index is 0.372. The first-order valence-corrected chi connectivity index (χ1v) is 8.90. The monoisotopic (exact) mass is 295 g/mol. The quantitative estimate of drug-likeness (QED) is 0.751. The third-order valence-electron chi connectivity index (χ3n) is 6.22. The average molecular weight is 295 g/mol. The highest BCUT2D eigenvalue weighted by molar-refractivity contribution is 5.16. The SMILES string of the molecule is OC(CNC1C2CCOC2C12CCCC2)COCC1CC1. The van der Waals surface area contributed by atoms with E-state index in [1.807, 2.05) is 0 Å². The molecule has 0 bridgehead atoms. The van der Waals surface area contributed by atoms with Crippen LogP contribution in [0.2, 0.25) is 0 Å². The van der Waals surface area contributed by atoms with Crippen molar-refractivity contribution in [1.82, 2.24) is 5.32 Å². The van der Waals surface area contributed by atoms with E-state index < -0.39 is 0 Å². The van der Waals surface area contributed by atoms with Crippen LogP contribution in [0.4, 0.5) is 0 Å². The van der Waals surface area contributed by atoms with Gasteiger partial charge >= 0.3 is 0 Å². The second kappa shape index (κ2) is 5.80. The van der Waals surface area contributed by atoms with E-state index in [1.165, 1.54) is 44.9 Å². The van der Waals surface area contributed by atoms with Crippen LogP contribution >= 0.6 is 0 Å². The molecular weight excluding hydrogens is 266 g/mol. The van der Waals surface area contributed by atoms with Gasteiger partial charge in [0.15, 0.2) is 0 Å². The van der Waals surface area contributed by atoms with E-state index in [-0.39, 0.29) is 6.10 Å². The van der Waals surface area contributed by atoms with Crippen LogP contribution in [0.25, 0.3) is 0 Å². The first-order chi connectivity index (χ1) is 10.3. The Bertz CT molecular complexity index is 365. The summed E-state index contributed by atoms with van der Waals surface area (Å²) in [6.07, 6.45) is 9.24. The molecule has 1 spiro atoms. The van der Waals surface area contributed by atoms with Gasteiger partial charge in [0.05, 0.1) is 18.8 Å². The van der Waals surface area contributed by atoms with Crippen molar-refractivity contribution in [3.8, 4) is 0 Å². The van der Waals surface area contributed by atoms with Crippen molar-refractivity contribution in [3.63, 3.8) is 0 Å². The van der Waals surface area contributed by atoms with Gasteiger partial charge in [-0.2, -0.15) is 0 Å². The summed E-state index contributed by atoms with van der Waals surface area (Å²) in [6, 6.07) is 0.561. The molecule has 4 nitrogen and oxygen atoms in total. The Balaban J connectivity index is 1.25. The Morgan fingerprint density at radius 2 is 2.05 bits per heavy atom. The molecule has 4 rings (SSSR count). The van der Waals surface area contributed by atoms with Crippen molar-refractivity contribution >= 4 is 0 Å². The lowest BCUT2D eigenvalue weighted by Crippen LogP contribution is -2.68. The molecule has 0 amide bonds. The van der Waals surface area contributed by atoms with Crippen LogP contribution in [0.1, 0.15) is 44.9 Å². The maximum absolute atomic E-state index is 10.1. The topological polar surface area (TPSA) is 50.7 Å². The number of aliphatic hydroxyl groups is 1. The van der Waals surface area contributed by atoms with Crippen LogP contribution < -0.4 is 5.32 Å². The first kappa shape index (κ1) is 14.4. The fraction of sp³-hybridized carbons (Fsp3) is 1.00. The van der Waals surface area contributed by atoms with Gasteiger partial charge in [0.25, 0.3) is 0 Å². The first-order valence-electron chi connectivity index (χ1n) is 8.90. The van der Waals surface area contributed by atoms with Crippen LogP contribution in [0.3, 0.4) is 0 Å². The van der Waals surface area contributed by atoms with Crippen LogP contribution in [0.15, 0.2) is 0 Å². The van der Waals surface area contributed by atoms with Crippen molar-refractivity contribution in [3.05, 3.63) is 0 Å². The molecule has 4 atom stereocenters. The zero-order chi connectivity index (χ0) is 14.3. The highest BCUT2D eigenvalue weighted by atomic mass is 16.5. The zero-order valence-corrected chi connectivity index (χ0v) is 12.9. The molecule has 0 aromatic rings. The van der Waals surface area contributed by atoms with E-state index in [1.54, 1.807) is 0 Å². The maximum Gasteiger partial charge on any atom is 0.0897 e. The number of hydrogen-bond donors (Lipinski definition) is 2. The highest BCUT2D eigenvalue weighted by Gasteiger charge is 2.64. The molecule has 0 radical (unpaired) electrons. The van der Waals surface area contributed by atoms with Gasteiger partial charge in [-0.05, 0) is 38.0 Å². The zero-order valence-electron chi connectivity index (χ0n) is 12.9. The summed E-state index contributed by atoms with van der Waals surface area (Å²) in [5.74, 6) is 1.46. The lowest BCUT2D eigenvalue weighted by atomic mass is 9.54. The van der Waals surface area contributed by atoms with Gasteiger partial charge in [-0.3, -0.25) is 0 Å². The van der Waals surface area contributed by atoms with Crippen LogP contribution in [0.5, 0.6) is 0 Å². The number of aliphatic hydroxyl groups excluding tert-OH is 1. The normalized spacial score (nSPS) is 38.4. The molecule has 1 aliphatic heterocycles. The Labute approximate surface area is 127 Å². The molecule has 3 saturated carbocycles. The fourth-order valence-electron chi connectivity index (χ4n) is 4.99. The minimum Gasteiger partial charge on any atom is -0.389 e. The molecule has 4 heteroatoms. The van der Waals surface area contributed by atoms with Crippen molar-refractivity contribution in [2.75, 3.05) is 26.4 Å². The second-order valence-electron chi connectivity index (χ2n) is 7.70. The molecule has 2 N–H and O–H groups in total. The Kier molecular flexibility index (Phi) is 3.99. The summed E-state index contributed by atoms with van der Waals surface area (Å²) in [6.45, 7) is 2.92. The Morgan fingerprint density at radius 3 is 2.81 bits per heavy atom. The summed E-state index contributed by atoms with van der Waals surface area (Å²) >= 11 is 0. The van der Waals surface area contributed by atoms with Crippen molar-refractivity contribution in [2.24, 2.45) is 17.3 Å². The lowest BCUT2D eigenvalue weighted by Gasteiger charge is -2.57. The fourth-order valence-corrected chi connectivity index (χ4v) is 4.99. The third-order valence-corrected chi connectivity index (χ3v) is 6.22. The van der Waals surface area contributed by atoms with Crippen molar-refractivity contribution in [2.45, 2.75) is 63.2 Å². The van der Waals surface area contributed by atoms with Crippen molar-refractivity contribution < 1.29 is 14.6 Å². The largest absolute Gasteiger partial charge is 0.389 e. The standard InChI is InChI=1S/C17H29NO3/c19-13(11-20-10-12-3-4-12)9-18-15-14-5-8-21-16(14)17(15)6-1-2-7-17/h12-16,18-19H,1-11H2. The smallest absolute Gasteiger partial charge is 0.0897 e. The van der Waals surface area contributed by atoms with E-state index in [0.717, 1.165) is 19.1 Å². The summed E-state index contributed by atoms with van der Waals surface area (Å²) in [7, 11) is 0. The van der Waals surface area contributed by atoms with Gasteiger partial charge < -0.3 is 19.9 Å². The van der Waals surface area contributed by atoms with E-state index in [0.29, 0.717) is 36.6 Å². The maximum atomic E-state index is 10.1. The summed E-state index contributed by atoms with van der Waals surface area (Å²) in [4.78, 5) is 0. The number of nitrogens with one attached hydrogen (secondary N) is 1. The van der Waals surface area contributed by atoms with Crippen LogP contribution in [-0.2, 0) is 9.47 Å². The second-order valence-corrected chi connectivity index (χ2v) is 7.70. The van der Waals surface area contributed by atoms with Crippen molar-refractivity contribution in [1.29, 1.82) is 0 Å². The molecule has 4 fully saturated rings. The van der Waals surface area contributed by atoms with Crippen LogP contribution in [0, 0.1) is 17.3 Å². The van der Waals surface area contributed by atoms with Gasteiger partial charge in [0, 0.05) is 37.1 Å².